The molecule has 0 aliphatic heterocycles. The molecule has 2 atom stereocenters. The van der Waals surface area contributed by atoms with E-state index in [-0.39, 0.29) is 11.8 Å². The van der Waals surface area contributed by atoms with Crippen LogP contribution in [0.15, 0.2) is 0 Å². The fourth-order valence-electron chi connectivity index (χ4n) is 2.12. The average Bonchev–Trinajstić information content (AvgIpc) is 2.18. The van der Waals surface area contributed by atoms with Gasteiger partial charge in [0.2, 0.25) is 10.0 Å². The highest BCUT2D eigenvalue weighted by atomic mass is 32.2. The Morgan fingerprint density at radius 3 is 2.53 bits per heavy atom. The maximum atomic E-state index is 11.7. The lowest BCUT2D eigenvalue weighted by molar-refractivity contribution is 0.310. The molecule has 0 spiro atoms. The molecule has 0 aromatic rings. The van der Waals surface area contributed by atoms with Crippen LogP contribution in [0.2, 0.25) is 0 Å². The van der Waals surface area contributed by atoms with E-state index in [0.717, 1.165) is 32.1 Å². The fourth-order valence-corrected chi connectivity index (χ4v) is 3.71. The Morgan fingerprint density at radius 2 is 1.93 bits per heavy atom. The SMILES string of the molecule is CCCCS(=O)(=O)N[C@@H]1CCCC[C@@H]1C. The van der Waals surface area contributed by atoms with Crippen molar-refractivity contribution in [2.75, 3.05) is 5.75 Å². The maximum absolute atomic E-state index is 11.7. The van der Waals surface area contributed by atoms with Crippen LogP contribution in [0, 0.1) is 5.92 Å². The minimum atomic E-state index is -3.03. The van der Waals surface area contributed by atoms with Gasteiger partial charge in [0.1, 0.15) is 0 Å². The van der Waals surface area contributed by atoms with E-state index in [2.05, 4.69) is 11.6 Å². The summed E-state index contributed by atoms with van der Waals surface area (Å²) < 4.78 is 26.2. The summed E-state index contributed by atoms with van der Waals surface area (Å²) in [5, 5.41) is 0. The third kappa shape index (κ3) is 4.51. The summed E-state index contributed by atoms with van der Waals surface area (Å²) in [7, 11) is -3.03. The molecule has 0 aromatic heterocycles. The monoisotopic (exact) mass is 233 g/mol. The van der Waals surface area contributed by atoms with Gasteiger partial charge in [0.25, 0.3) is 0 Å². The highest BCUT2D eigenvalue weighted by molar-refractivity contribution is 7.89. The number of rotatable bonds is 5. The van der Waals surface area contributed by atoms with Crippen molar-refractivity contribution in [3.63, 3.8) is 0 Å². The molecule has 90 valence electrons. The van der Waals surface area contributed by atoms with Crippen LogP contribution >= 0.6 is 0 Å². The smallest absolute Gasteiger partial charge is 0.211 e. The van der Waals surface area contributed by atoms with Crippen molar-refractivity contribution in [2.24, 2.45) is 5.92 Å². The third-order valence-electron chi connectivity index (χ3n) is 3.21. The molecule has 0 aromatic carbocycles. The molecule has 0 saturated heterocycles. The molecule has 0 bridgehead atoms. The summed E-state index contributed by atoms with van der Waals surface area (Å²) in [6.45, 7) is 4.16. The topological polar surface area (TPSA) is 46.2 Å². The van der Waals surface area contributed by atoms with Crippen molar-refractivity contribution in [3.8, 4) is 0 Å². The van der Waals surface area contributed by atoms with E-state index >= 15 is 0 Å². The van der Waals surface area contributed by atoms with Gasteiger partial charge >= 0.3 is 0 Å². The molecule has 0 heterocycles. The fraction of sp³-hybridized carbons (Fsp3) is 1.00. The number of hydrogen-bond acceptors (Lipinski definition) is 2. The second-order valence-electron chi connectivity index (χ2n) is 4.66. The van der Waals surface area contributed by atoms with Gasteiger partial charge in [-0.25, -0.2) is 13.1 Å². The van der Waals surface area contributed by atoms with E-state index in [0.29, 0.717) is 5.92 Å². The number of hydrogen-bond donors (Lipinski definition) is 1. The van der Waals surface area contributed by atoms with Gasteiger partial charge in [-0.05, 0) is 25.2 Å². The second kappa shape index (κ2) is 5.85. The Bertz CT molecular complexity index is 274. The van der Waals surface area contributed by atoms with Crippen molar-refractivity contribution >= 4 is 10.0 Å². The molecule has 0 unspecified atom stereocenters. The van der Waals surface area contributed by atoms with Gasteiger partial charge < -0.3 is 0 Å². The summed E-state index contributed by atoms with van der Waals surface area (Å²) in [5.41, 5.74) is 0. The summed E-state index contributed by atoms with van der Waals surface area (Å²) >= 11 is 0. The second-order valence-corrected chi connectivity index (χ2v) is 6.53. The Balaban J connectivity index is 2.44. The molecule has 1 rings (SSSR count). The predicted molar refractivity (Wildman–Crippen MR) is 63.3 cm³/mol. The molecule has 4 heteroatoms. The summed E-state index contributed by atoms with van der Waals surface area (Å²) in [5.74, 6) is 0.780. The van der Waals surface area contributed by atoms with Crippen LogP contribution in [0.25, 0.3) is 0 Å². The van der Waals surface area contributed by atoms with E-state index in [4.69, 9.17) is 0 Å². The molecule has 1 saturated carbocycles. The Morgan fingerprint density at radius 1 is 1.27 bits per heavy atom. The van der Waals surface area contributed by atoms with Gasteiger partial charge in [-0.2, -0.15) is 0 Å². The maximum Gasteiger partial charge on any atom is 0.211 e. The normalized spacial score (nSPS) is 27.9. The van der Waals surface area contributed by atoms with E-state index in [1.54, 1.807) is 0 Å². The third-order valence-corrected chi connectivity index (χ3v) is 4.70. The molecule has 3 nitrogen and oxygen atoms in total. The van der Waals surface area contributed by atoms with Crippen LogP contribution in [0.3, 0.4) is 0 Å². The highest BCUT2D eigenvalue weighted by Crippen LogP contribution is 2.24. The Labute approximate surface area is 93.7 Å². The zero-order valence-electron chi connectivity index (χ0n) is 9.83. The number of sulfonamides is 1. The molecular weight excluding hydrogens is 210 g/mol. The zero-order valence-corrected chi connectivity index (χ0v) is 10.6. The standard InChI is InChI=1S/C11H23NO2S/c1-3-4-9-15(13,14)12-11-8-6-5-7-10(11)2/h10-12H,3-9H2,1-2H3/t10-,11+/m0/s1. The minimum absolute atomic E-state index is 0.181. The van der Waals surface area contributed by atoms with Crippen LogP contribution in [0.4, 0.5) is 0 Å². The van der Waals surface area contributed by atoms with Crippen LogP contribution in [-0.2, 0) is 10.0 Å². The van der Waals surface area contributed by atoms with Crippen molar-refractivity contribution < 1.29 is 8.42 Å². The first-order valence-electron chi connectivity index (χ1n) is 6.05. The Kier molecular flexibility index (Phi) is 5.06. The summed E-state index contributed by atoms with van der Waals surface area (Å²) in [6.07, 6.45) is 6.25. The van der Waals surface area contributed by atoms with Gasteiger partial charge in [0.05, 0.1) is 5.75 Å². The largest absolute Gasteiger partial charge is 0.212 e. The van der Waals surface area contributed by atoms with Crippen LogP contribution in [-0.4, -0.2) is 20.2 Å². The summed E-state index contributed by atoms with van der Waals surface area (Å²) in [6, 6.07) is 0.181. The van der Waals surface area contributed by atoms with Crippen molar-refractivity contribution in [2.45, 2.75) is 58.4 Å². The lowest BCUT2D eigenvalue weighted by Gasteiger charge is -2.29. The first kappa shape index (κ1) is 13.0. The van der Waals surface area contributed by atoms with Gasteiger partial charge in [0, 0.05) is 6.04 Å². The van der Waals surface area contributed by atoms with Crippen LogP contribution < -0.4 is 4.72 Å². The van der Waals surface area contributed by atoms with Gasteiger partial charge in [-0.3, -0.25) is 0 Å². The van der Waals surface area contributed by atoms with Crippen molar-refractivity contribution in [3.05, 3.63) is 0 Å². The van der Waals surface area contributed by atoms with Gasteiger partial charge in [0.15, 0.2) is 0 Å². The van der Waals surface area contributed by atoms with E-state index in [9.17, 15) is 8.42 Å². The molecular formula is C11H23NO2S. The Hall–Kier alpha value is -0.0900. The lowest BCUT2D eigenvalue weighted by atomic mass is 9.87. The quantitative estimate of drug-likeness (QED) is 0.792. The first-order chi connectivity index (χ1) is 7.05. The number of unbranched alkanes of at least 4 members (excludes halogenated alkanes) is 1. The number of nitrogens with one attached hydrogen (secondary N) is 1. The highest BCUT2D eigenvalue weighted by Gasteiger charge is 2.25. The molecule has 15 heavy (non-hydrogen) atoms. The molecule has 1 aliphatic carbocycles. The van der Waals surface area contributed by atoms with Crippen molar-refractivity contribution in [1.29, 1.82) is 0 Å². The van der Waals surface area contributed by atoms with Gasteiger partial charge in [-0.1, -0.05) is 33.1 Å². The van der Waals surface area contributed by atoms with Crippen LogP contribution in [0.5, 0.6) is 0 Å². The van der Waals surface area contributed by atoms with E-state index in [1.165, 1.54) is 6.42 Å². The molecule has 1 fully saturated rings. The molecule has 0 radical (unpaired) electrons. The average molecular weight is 233 g/mol. The molecule has 1 aliphatic rings. The predicted octanol–water partition coefficient (Wildman–Crippen LogP) is 2.28. The van der Waals surface area contributed by atoms with E-state index < -0.39 is 10.0 Å². The minimum Gasteiger partial charge on any atom is -0.212 e. The lowest BCUT2D eigenvalue weighted by Crippen LogP contribution is -2.42. The molecule has 1 N–H and O–H groups in total. The summed E-state index contributed by atoms with van der Waals surface area (Å²) in [4.78, 5) is 0. The molecule has 0 amide bonds. The van der Waals surface area contributed by atoms with Crippen molar-refractivity contribution in [1.82, 2.24) is 4.72 Å². The first-order valence-corrected chi connectivity index (χ1v) is 7.70. The zero-order chi connectivity index (χ0) is 11.3. The van der Waals surface area contributed by atoms with Gasteiger partial charge in [-0.15, -0.1) is 0 Å². The van der Waals surface area contributed by atoms with E-state index in [1.807, 2.05) is 6.92 Å². The van der Waals surface area contributed by atoms with Crippen LogP contribution in [0.1, 0.15) is 52.4 Å².